The van der Waals surface area contributed by atoms with E-state index in [-0.39, 0.29) is 6.04 Å². The second-order valence-corrected chi connectivity index (χ2v) is 5.85. The van der Waals surface area contributed by atoms with Crippen LogP contribution in [0.4, 0.5) is 10.2 Å². The molecule has 2 heterocycles. The summed E-state index contributed by atoms with van der Waals surface area (Å²) in [5.41, 5.74) is 0. The number of nitrogens with one attached hydrogen (secondary N) is 1. The van der Waals surface area contributed by atoms with E-state index < -0.39 is 5.95 Å². The van der Waals surface area contributed by atoms with Gasteiger partial charge in [0, 0.05) is 4.88 Å². The third-order valence-corrected chi connectivity index (χ3v) is 3.91. The lowest BCUT2D eigenvalue weighted by molar-refractivity contribution is 0.584. The van der Waals surface area contributed by atoms with Crippen molar-refractivity contribution < 1.29 is 4.39 Å². The number of halogens is 2. The van der Waals surface area contributed by atoms with Crippen LogP contribution in [0.1, 0.15) is 17.8 Å². The number of pyridine rings is 1. The van der Waals surface area contributed by atoms with Gasteiger partial charge >= 0.3 is 0 Å². The first kappa shape index (κ1) is 11.5. The third-order valence-electron chi connectivity index (χ3n) is 2.10. The quantitative estimate of drug-likeness (QED) is 0.859. The molecular formula is C11H10BrFN2S. The Balaban J connectivity index is 2.10. The highest BCUT2D eigenvalue weighted by molar-refractivity contribution is 9.11. The second-order valence-electron chi connectivity index (χ2n) is 3.35. The first-order chi connectivity index (χ1) is 7.65. The highest BCUT2D eigenvalue weighted by atomic mass is 79.9. The van der Waals surface area contributed by atoms with Gasteiger partial charge in [-0.2, -0.15) is 4.39 Å². The minimum absolute atomic E-state index is 0.116. The predicted octanol–water partition coefficient (Wildman–Crippen LogP) is 4.22. The molecule has 1 unspecified atom stereocenters. The Labute approximate surface area is 106 Å². The zero-order chi connectivity index (χ0) is 11.5. The van der Waals surface area contributed by atoms with E-state index in [4.69, 9.17) is 0 Å². The predicted molar refractivity (Wildman–Crippen MR) is 68.3 cm³/mol. The molecule has 0 aliphatic carbocycles. The van der Waals surface area contributed by atoms with Gasteiger partial charge in [-0.1, -0.05) is 6.07 Å². The lowest BCUT2D eigenvalue weighted by atomic mass is 10.3. The normalized spacial score (nSPS) is 12.4. The summed E-state index contributed by atoms with van der Waals surface area (Å²) < 4.78 is 14.0. The molecule has 0 amide bonds. The SMILES string of the molecule is CC(Nc1cccc(F)n1)c1ccc(Br)s1. The number of hydrogen-bond acceptors (Lipinski definition) is 3. The molecule has 0 radical (unpaired) electrons. The molecule has 2 aromatic heterocycles. The number of anilines is 1. The summed E-state index contributed by atoms with van der Waals surface area (Å²) in [7, 11) is 0. The smallest absolute Gasteiger partial charge is 0.214 e. The van der Waals surface area contributed by atoms with Crippen molar-refractivity contribution in [3.05, 3.63) is 44.9 Å². The van der Waals surface area contributed by atoms with Crippen LogP contribution < -0.4 is 5.32 Å². The van der Waals surface area contributed by atoms with E-state index in [0.717, 1.165) is 3.79 Å². The topological polar surface area (TPSA) is 24.9 Å². The van der Waals surface area contributed by atoms with E-state index in [2.05, 4.69) is 26.2 Å². The van der Waals surface area contributed by atoms with Crippen LogP contribution in [0, 0.1) is 5.95 Å². The van der Waals surface area contributed by atoms with E-state index in [0.29, 0.717) is 5.82 Å². The first-order valence-corrected chi connectivity index (χ1v) is 6.40. The monoisotopic (exact) mass is 300 g/mol. The molecule has 1 N–H and O–H groups in total. The van der Waals surface area contributed by atoms with Gasteiger partial charge in [0.2, 0.25) is 5.95 Å². The molecular weight excluding hydrogens is 291 g/mol. The van der Waals surface area contributed by atoms with Gasteiger partial charge in [0.25, 0.3) is 0 Å². The fourth-order valence-electron chi connectivity index (χ4n) is 1.34. The average molecular weight is 301 g/mol. The summed E-state index contributed by atoms with van der Waals surface area (Å²) in [5, 5.41) is 3.15. The molecule has 0 spiro atoms. The van der Waals surface area contributed by atoms with Crippen molar-refractivity contribution in [3.8, 4) is 0 Å². The molecule has 0 fully saturated rings. The lowest BCUT2D eigenvalue weighted by Crippen LogP contribution is -2.06. The molecule has 0 aliphatic rings. The number of aromatic nitrogens is 1. The van der Waals surface area contributed by atoms with Crippen LogP contribution in [0.25, 0.3) is 0 Å². The van der Waals surface area contributed by atoms with Gasteiger partial charge in [-0.25, -0.2) is 4.98 Å². The largest absolute Gasteiger partial charge is 0.363 e. The maximum atomic E-state index is 12.9. The van der Waals surface area contributed by atoms with Gasteiger partial charge in [0.05, 0.1) is 9.83 Å². The Morgan fingerprint density at radius 2 is 2.19 bits per heavy atom. The van der Waals surface area contributed by atoms with Crippen LogP contribution in [0.15, 0.2) is 34.1 Å². The molecule has 84 valence electrons. The Hall–Kier alpha value is -0.940. The van der Waals surface area contributed by atoms with Gasteiger partial charge in [0.15, 0.2) is 0 Å². The fourth-order valence-corrected chi connectivity index (χ4v) is 2.77. The molecule has 16 heavy (non-hydrogen) atoms. The average Bonchev–Trinajstić information content (AvgIpc) is 2.65. The van der Waals surface area contributed by atoms with Crippen LogP contribution in [0.5, 0.6) is 0 Å². The zero-order valence-electron chi connectivity index (χ0n) is 8.58. The van der Waals surface area contributed by atoms with Gasteiger partial charge in [0.1, 0.15) is 5.82 Å². The Bertz CT molecular complexity index is 486. The molecule has 1 atom stereocenters. The summed E-state index contributed by atoms with van der Waals surface area (Å²) in [6, 6.07) is 8.87. The Morgan fingerprint density at radius 1 is 1.38 bits per heavy atom. The molecule has 0 saturated heterocycles. The number of rotatable bonds is 3. The van der Waals surface area contributed by atoms with E-state index in [1.165, 1.54) is 10.9 Å². The summed E-state index contributed by atoms with van der Waals surface area (Å²) in [5.74, 6) is 0.0848. The molecule has 2 aromatic rings. The highest BCUT2D eigenvalue weighted by Gasteiger charge is 2.08. The van der Waals surface area contributed by atoms with E-state index >= 15 is 0 Å². The molecule has 0 aliphatic heterocycles. The van der Waals surface area contributed by atoms with Crippen molar-refractivity contribution in [1.29, 1.82) is 0 Å². The Kier molecular flexibility index (Phi) is 3.56. The molecule has 5 heteroatoms. The van der Waals surface area contributed by atoms with Crippen LogP contribution in [-0.4, -0.2) is 4.98 Å². The van der Waals surface area contributed by atoms with Gasteiger partial charge in [-0.05, 0) is 47.1 Å². The maximum Gasteiger partial charge on any atom is 0.214 e. The van der Waals surface area contributed by atoms with Gasteiger partial charge < -0.3 is 5.32 Å². The summed E-state index contributed by atoms with van der Waals surface area (Å²) in [4.78, 5) is 4.94. The highest BCUT2D eigenvalue weighted by Crippen LogP contribution is 2.28. The summed E-state index contributed by atoms with van der Waals surface area (Å²) in [6.07, 6.45) is 0. The number of nitrogens with zero attached hydrogens (tertiary/aromatic N) is 1. The molecule has 2 rings (SSSR count). The van der Waals surface area contributed by atoms with E-state index in [9.17, 15) is 4.39 Å². The van der Waals surface area contributed by atoms with Gasteiger partial charge in [-0.3, -0.25) is 0 Å². The first-order valence-electron chi connectivity index (χ1n) is 4.79. The van der Waals surface area contributed by atoms with Crippen molar-refractivity contribution in [2.75, 3.05) is 5.32 Å². The number of hydrogen-bond donors (Lipinski definition) is 1. The van der Waals surface area contributed by atoms with E-state index in [1.54, 1.807) is 23.5 Å². The molecule has 0 saturated carbocycles. The van der Waals surface area contributed by atoms with Crippen molar-refractivity contribution in [1.82, 2.24) is 4.98 Å². The van der Waals surface area contributed by atoms with Crippen LogP contribution in [0.3, 0.4) is 0 Å². The van der Waals surface area contributed by atoms with E-state index in [1.807, 2.05) is 19.1 Å². The number of thiophene rings is 1. The van der Waals surface area contributed by atoms with Crippen LogP contribution in [0.2, 0.25) is 0 Å². The third kappa shape index (κ3) is 2.80. The van der Waals surface area contributed by atoms with Gasteiger partial charge in [-0.15, -0.1) is 11.3 Å². The Morgan fingerprint density at radius 3 is 2.81 bits per heavy atom. The van der Waals surface area contributed by atoms with Crippen LogP contribution in [-0.2, 0) is 0 Å². The van der Waals surface area contributed by atoms with Crippen LogP contribution >= 0.6 is 27.3 Å². The summed E-state index contributed by atoms with van der Waals surface area (Å²) in [6.45, 7) is 2.02. The molecule has 0 bridgehead atoms. The summed E-state index contributed by atoms with van der Waals surface area (Å²) >= 11 is 5.06. The second kappa shape index (κ2) is 4.93. The van der Waals surface area contributed by atoms with Crippen molar-refractivity contribution in [2.45, 2.75) is 13.0 Å². The molecule has 2 nitrogen and oxygen atoms in total. The lowest BCUT2D eigenvalue weighted by Gasteiger charge is -2.12. The van der Waals surface area contributed by atoms with Crippen molar-refractivity contribution in [3.63, 3.8) is 0 Å². The van der Waals surface area contributed by atoms with Crippen molar-refractivity contribution in [2.24, 2.45) is 0 Å². The fraction of sp³-hybridized carbons (Fsp3) is 0.182. The standard InChI is InChI=1S/C11H10BrFN2S/c1-7(8-5-6-9(12)16-8)14-11-4-2-3-10(13)15-11/h2-7H,1H3,(H,14,15). The molecule has 0 aromatic carbocycles. The van der Waals surface area contributed by atoms with Crippen molar-refractivity contribution >= 4 is 33.1 Å². The maximum absolute atomic E-state index is 12.9. The zero-order valence-corrected chi connectivity index (χ0v) is 11.0. The minimum Gasteiger partial charge on any atom is -0.363 e. The minimum atomic E-state index is -0.468.